The molecule has 0 bridgehead atoms. The van der Waals surface area contributed by atoms with E-state index in [1.54, 1.807) is 4.90 Å². The van der Waals surface area contributed by atoms with Gasteiger partial charge in [0.2, 0.25) is 5.95 Å². The molecule has 1 aromatic rings. The van der Waals surface area contributed by atoms with Crippen LogP contribution in [0.1, 0.15) is 12.1 Å². The number of nitrogens with one attached hydrogen (secondary N) is 1. The Bertz CT molecular complexity index is 489. The summed E-state index contributed by atoms with van der Waals surface area (Å²) in [4.78, 5) is 19.2. The molecular weight excluding hydrogens is 277 g/mol. The third-order valence-corrected chi connectivity index (χ3v) is 3.00. The Morgan fingerprint density at radius 2 is 2.20 bits per heavy atom. The fraction of sp³-hybridized carbons (Fsp3) is 0.545. The van der Waals surface area contributed by atoms with Crippen LogP contribution in [0.15, 0.2) is 12.3 Å². The number of hydrogen-bond acceptors (Lipinski definition) is 4. The molecule has 0 atom stereocenters. The van der Waals surface area contributed by atoms with Crippen LogP contribution in [0.25, 0.3) is 0 Å². The zero-order valence-corrected chi connectivity index (χ0v) is 10.4. The molecule has 1 fully saturated rings. The van der Waals surface area contributed by atoms with Crippen LogP contribution in [0.3, 0.4) is 0 Å². The summed E-state index contributed by atoms with van der Waals surface area (Å²) in [5.74, 6) is 0.294. The predicted molar refractivity (Wildman–Crippen MR) is 63.4 cm³/mol. The van der Waals surface area contributed by atoms with Crippen molar-refractivity contribution in [3.63, 3.8) is 0 Å². The molecule has 2 rings (SSSR count). The molecule has 1 aliphatic rings. The molecule has 110 valence electrons. The van der Waals surface area contributed by atoms with Gasteiger partial charge in [-0.05, 0) is 18.4 Å². The van der Waals surface area contributed by atoms with Crippen LogP contribution in [-0.4, -0.2) is 40.8 Å². The summed E-state index contributed by atoms with van der Waals surface area (Å²) in [6.07, 6.45) is -3.83. The van der Waals surface area contributed by atoms with E-state index in [1.807, 2.05) is 0 Å². The molecule has 1 amide bonds. The lowest BCUT2D eigenvalue weighted by molar-refractivity contribution is -0.141. The van der Waals surface area contributed by atoms with Gasteiger partial charge in [0, 0.05) is 25.8 Å². The molecule has 20 heavy (non-hydrogen) atoms. The lowest BCUT2D eigenvalue weighted by Crippen LogP contribution is -2.48. The predicted octanol–water partition coefficient (Wildman–Crippen LogP) is 1.59. The van der Waals surface area contributed by atoms with E-state index in [9.17, 15) is 18.0 Å². The second-order valence-corrected chi connectivity index (χ2v) is 4.53. The van der Waals surface area contributed by atoms with Crippen molar-refractivity contribution in [2.24, 2.45) is 5.92 Å². The monoisotopic (exact) mass is 290 g/mol. The maximum atomic E-state index is 12.5. The summed E-state index contributed by atoms with van der Waals surface area (Å²) in [5.41, 5.74) is -0.960. The zero-order valence-electron chi connectivity index (χ0n) is 10.4. The molecule has 0 spiro atoms. The van der Waals surface area contributed by atoms with E-state index in [-0.39, 0.29) is 11.9 Å². The van der Waals surface area contributed by atoms with Crippen molar-refractivity contribution >= 4 is 12.0 Å². The van der Waals surface area contributed by atoms with Crippen molar-refractivity contribution in [3.05, 3.63) is 18.0 Å². The first-order valence-corrected chi connectivity index (χ1v) is 5.98. The normalized spacial score (nSPS) is 15.8. The maximum absolute atomic E-state index is 12.5. The van der Waals surface area contributed by atoms with Gasteiger partial charge in [-0.25, -0.2) is 14.8 Å². The van der Waals surface area contributed by atoms with E-state index in [4.69, 9.17) is 5.11 Å². The third-order valence-electron chi connectivity index (χ3n) is 3.00. The van der Waals surface area contributed by atoms with Crippen LogP contribution in [0.2, 0.25) is 0 Å². The van der Waals surface area contributed by atoms with Gasteiger partial charge in [0.15, 0.2) is 0 Å². The minimum Gasteiger partial charge on any atom is -0.465 e. The van der Waals surface area contributed by atoms with Crippen LogP contribution in [0.4, 0.5) is 23.9 Å². The molecule has 0 unspecified atom stereocenters. The number of rotatable bonds is 4. The van der Waals surface area contributed by atoms with E-state index >= 15 is 0 Å². The lowest BCUT2D eigenvalue weighted by atomic mass is 9.97. The van der Waals surface area contributed by atoms with Gasteiger partial charge in [-0.3, -0.25) is 0 Å². The first-order chi connectivity index (χ1) is 9.36. The quantitative estimate of drug-likeness (QED) is 0.880. The number of anilines is 1. The van der Waals surface area contributed by atoms with Gasteiger partial charge >= 0.3 is 12.3 Å². The second kappa shape index (κ2) is 5.51. The maximum Gasteiger partial charge on any atom is 0.433 e. The van der Waals surface area contributed by atoms with Gasteiger partial charge in [-0.2, -0.15) is 13.2 Å². The number of hydrogen-bond donors (Lipinski definition) is 2. The molecular formula is C11H13F3N4O2. The summed E-state index contributed by atoms with van der Waals surface area (Å²) in [6, 6.07) is 0.831. The Kier molecular flexibility index (Phi) is 3.96. The molecule has 0 aliphatic carbocycles. The summed E-state index contributed by atoms with van der Waals surface area (Å²) in [7, 11) is 0. The number of aromatic nitrogens is 2. The van der Waals surface area contributed by atoms with Gasteiger partial charge in [-0.15, -0.1) is 0 Å². The largest absolute Gasteiger partial charge is 0.465 e. The van der Waals surface area contributed by atoms with Crippen molar-refractivity contribution in [3.8, 4) is 0 Å². The molecule has 1 saturated heterocycles. The standard InChI is InChI=1S/C11H13F3N4O2/c12-11(13,14)8-2-4-15-9(17-8)18-5-7(6-18)1-3-16-10(19)20/h2,4,7,16H,1,3,5-6H2,(H,19,20). The third kappa shape index (κ3) is 3.49. The molecule has 0 saturated carbocycles. The van der Waals surface area contributed by atoms with Crippen molar-refractivity contribution in [2.45, 2.75) is 12.6 Å². The number of halogens is 3. The van der Waals surface area contributed by atoms with Crippen molar-refractivity contribution in [2.75, 3.05) is 24.5 Å². The Morgan fingerprint density at radius 3 is 2.80 bits per heavy atom. The second-order valence-electron chi connectivity index (χ2n) is 4.53. The Labute approximate surface area is 112 Å². The fourth-order valence-electron chi connectivity index (χ4n) is 1.96. The average molecular weight is 290 g/mol. The highest BCUT2D eigenvalue weighted by atomic mass is 19.4. The highest BCUT2D eigenvalue weighted by molar-refractivity contribution is 5.64. The van der Waals surface area contributed by atoms with E-state index in [1.165, 1.54) is 0 Å². The summed E-state index contributed by atoms with van der Waals surface area (Å²) >= 11 is 0. The molecule has 1 aromatic heterocycles. The van der Waals surface area contributed by atoms with Crippen LogP contribution in [0, 0.1) is 5.92 Å². The van der Waals surface area contributed by atoms with E-state index in [0.29, 0.717) is 26.1 Å². The lowest BCUT2D eigenvalue weighted by Gasteiger charge is -2.39. The minimum absolute atomic E-state index is 0.0577. The summed E-state index contributed by atoms with van der Waals surface area (Å²) in [6.45, 7) is 1.39. The number of nitrogens with zero attached hydrogens (tertiary/aromatic N) is 3. The van der Waals surface area contributed by atoms with E-state index in [0.717, 1.165) is 12.3 Å². The Hall–Kier alpha value is -2.06. The SMILES string of the molecule is O=C(O)NCCC1CN(c2nccc(C(F)(F)F)n2)C1. The fourth-order valence-corrected chi connectivity index (χ4v) is 1.96. The molecule has 6 nitrogen and oxygen atoms in total. The minimum atomic E-state index is -4.48. The Morgan fingerprint density at radius 1 is 1.50 bits per heavy atom. The van der Waals surface area contributed by atoms with Crippen LogP contribution < -0.4 is 10.2 Å². The van der Waals surface area contributed by atoms with Crippen molar-refractivity contribution in [1.29, 1.82) is 0 Å². The number of carboxylic acid groups (broad SMARTS) is 1. The number of alkyl halides is 3. The van der Waals surface area contributed by atoms with Crippen LogP contribution in [-0.2, 0) is 6.18 Å². The first kappa shape index (κ1) is 14.4. The van der Waals surface area contributed by atoms with Gasteiger partial charge in [-0.1, -0.05) is 0 Å². The average Bonchev–Trinajstić information content (AvgIpc) is 2.31. The summed E-state index contributed by atoms with van der Waals surface area (Å²) in [5, 5.41) is 10.7. The van der Waals surface area contributed by atoms with E-state index in [2.05, 4.69) is 15.3 Å². The Balaban J connectivity index is 1.85. The van der Waals surface area contributed by atoms with Crippen LogP contribution in [0.5, 0.6) is 0 Å². The molecule has 0 radical (unpaired) electrons. The van der Waals surface area contributed by atoms with Crippen molar-refractivity contribution < 1.29 is 23.1 Å². The van der Waals surface area contributed by atoms with Gasteiger partial charge in [0.25, 0.3) is 0 Å². The van der Waals surface area contributed by atoms with Gasteiger partial charge in [0.1, 0.15) is 5.69 Å². The number of amides is 1. The van der Waals surface area contributed by atoms with Crippen molar-refractivity contribution in [1.82, 2.24) is 15.3 Å². The van der Waals surface area contributed by atoms with E-state index < -0.39 is 18.0 Å². The number of carbonyl (C=O) groups is 1. The zero-order chi connectivity index (χ0) is 14.8. The smallest absolute Gasteiger partial charge is 0.433 e. The summed E-state index contributed by atoms with van der Waals surface area (Å²) < 4.78 is 37.5. The van der Waals surface area contributed by atoms with Gasteiger partial charge < -0.3 is 15.3 Å². The first-order valence-electron chi connectivity index (χ1n) is 5.98. The molecule has 2 heterocycles. The molecule has 1 aliphatic heterocycles. The molecule has 2 N–H and O–H groups in total. The molecule has 0 aromatic carbocycles. The van der Waals surface area contributed by atoms with Crippen LogP contribution >= 0.6 is 0 Å². The highest BCUT2D eigenvalue weighted by Gasteiger charge is 2.35. The van der Waals surface area contributed by atoms with Gasteiger partial charge in [0.05, 0.1) is 0 Å². The topological polar surface area (TPSA) is 78.4 Å². The highest BCUT2D eigenvalue weighted by Crippen LogP contribution is 2.29. The molecule has 9 heteroatoms.